The van der Waals surface area contributed by atoms with Gasteiger partial charge in [-0.3, -0.25) is 4.79 Å². The minimum absolute atomic E-state index is 0.198. The average Bonchev–Trinajstić information content (AvgIpc) is 3.12. The van der Waals surface area contributed by atoms with Gasteiger partial charge in [-0.05, 0) is 42.3 Å². The first-order valence-corrected chi connectivity index (χ1v) is 10.3. The molecule has 2 aromatic carbocycles. The van der Waals surface area contributed by atoms with E-state index in [1.54, 1.807) is 34.9 Å². The molecular weight excluding hydrogens is 390 g/mol. The van der Waals surface area contributed by atoms with Crippen LogP contribution in [0.3, 0.4) is 0 Å². The lowest BCUT2D eigenvalue weighted by Gasteiger charge is -2.22. The largest absolute Gasteiger partial charge is 0.454 e. The van der Waals surface area contributed by atoms with Crippen LogP contribution in [-0.4, -0.2) is 37.1 Å². The summed E-state index contributed by atoms with van der Waals surface area (Å²) in [4.78, 5) is 27.6. The number of esters is 1. The molecule has 0 spiro atoms. The first-order valence-electron chi connectivity index (χ1n) is 9.41. The second-order valence-corrected chi connectivity index (χ2v) is 8.26. The van der Waals surface area contributed by atoms with Crippen molar-refractivity contribution in [1.29, 1.82) is 0 Å². The van der Waals surface area contributed by atoms with E-state index >= 15 is 0 Å². The third-order valence-corrected chi connectivity index (χ3v) is 5.93. The quantitative estimate of drug-likeness (QED) is 0.562. The number of hydrogen-bond donors (Lipinski definition) is 0. The molecule has 0 N–H and O–H groups in total. The highest BCUT2D eigenvalue weighted by molar-refractivity contribution is 8.00. The molecule has 0 aromatic heterocycles. The Morgan fingerprint density at radius 1 is 1.21 bits per heavy atom. The number of carbonyl (C=O) groups is 2. The molecular formula is C22H21NO5S. The number of carbonyl (C=O) groups excluding carboxylic acids is 2. The molecule has 1 amide bonds. The van der Waals surface area contributed by atoms with Gasteiger partial charge in [0.1, 0.15) is 0 Å². The fraction of sp³-hybridized carbons (Fsp3) is 0.273. The molecule has 0 saturated carbocycles. The number of rotatable bonds is 4. The Hall–Kier alpha value is -2.93. The minimum Gasteiger partial charge on any atom is -0.454 e. The number of nitrogens with zero attached hydrogens (tertiary/aromatic N) is 1. The third kappa shape index (κ3) is 4.56. The van der Waals surface area contributed by atoms with Crippen LogP contribution < -0.4 is 14.4 Å². The van der Waals surface area contributed by atoms with Crippen LogP contribution in [0.25, 0.3) is 6.08 Å². The number of amides is 1. The summed E-state index contributed by atoms with van der Waals surface area (Å²) in [5.74, 6) is 0.530. The van der Waals surface area contributed by atoms with Crippen molar-refractivity contribution >= 4 is 35.4 Å². The predicted octanol–water partition coefficient (Wildman–Crippen LogP) is 3.89. The van der Waals surface area contributed by atoms with Crippen LogP contribution in [0.2, 0.25) is 0 Å². The normalized spacial score (nSPS) is 17.7. The highest BCUT2D eigenvalue weighted by atomic mass is 32.2. The van der Waals surface area contributed by atoms with Gasteiger partial charge < -0.3 is 19.1 Å². The van der Waals surface area contributed by atoms with Gasteiger partial charge in [0.05, 0.1) is 5.69 Å². The van der Waals surface area contributed by atoms with E-state index in [4.69, 9.17) is 14.2 Å². The van der Waals surface area contributed by atoms with Crippen LogP contribution in [0, 0.1) is 0 Å². The molecule has 150 valence electrons. The standard InChI is InChI=1S/C22H21NO5S/c1-15-10-11-23(17-4-2-3-5-20(17)29-15)21(24)13-26-22(25)9-7-16-6-8-18-19(12-16)28-14-27-18/h2-9,12,15H,10-11,13-14H2,1H3. The Balaban J connectivity index is 1.36. The van der Waals surface area contributed by atoms with E-state index in [2.05, 4.69) is 6.92 Å². The number of ether oxygens (including phenoxy) is 3. The van der Waals surface area contributed by atoms with Gasteiger partial charge in [0.2, 0.25) is 6.79 Å². The zero-order valence-electron chi connectivity index (χ0n) is 16.0. The first kappa shape index (κ1) is 19.4. The fourth-order valence-corrected chi connectivity index (χ4v) is 4.30. The predicted molar refractivity (Wildman–Crippen MR) is 111 cm³/mol. The van der Waals surface area contributed by atoms with E-state index in [0.717, 1.165) is 22.6 Å². The molecule has 4 rings (SSSR count). The van der Waals surface area contributed by atoms with E-state index in [1.165, 1.54) is 6.08 Å². The van der Waals surface area contributed by atoms with Gasteiger partial charge in [-0.25, -0.2) is 4.79 Å². The van der Waals surface area contributed by atoms with E-state index < -0.39 is 5.97 Å². The van der Waals surface area contributed by atoms with Crippen LogP contribution >= 0.6 is 11.8 Å². The van der Waals surface area contributed by atoms with Crippen LogP contribution in [0.5, 0.6) is 11.5 Å². The summed E-state index contributed by atoms with van der Waals surface area (Å²) in [5.41, 5.74) is 1.66. The third-order valence-electron chi connectivity index (χ3n) is 4.69. The number of para-hydroxylation sites is 1. The monoisotopic (exact) mass is 411 g/mol. The summed E-state index contributed by atoms with van der Waals surface area (Å²) in [7, 11) is 0. The van der Waals surface area contributed by atoms with E-state index in [0.29, 0.717) is 23.3 Å². The van der Waals surface area contributed by atoms with E-state index in [9.17, 15) is 9.59 Å². The summed E-state index contributed by atoms with van der Waals surface area (Å²) in [6.07, 6.45) is 3.80. The molecule has 1 atom stereocenters. The highest BCUT2D eigenvalue weighted by Gasteiger charge is 2.24. The van der Waals surface area contributed by atoms with E-state index in [1.807, 2.05) is 30.3 Å². The SMILES string of the molecule is CC1CCN(C(=O)COC(=O)C=Cc2ccc3c(c2)OCO3)c2ccccc2S1. The Labute approximate surface area is 173 Å². The maximum Gasteiger partial charge on any atom is 0.331 e. The van der Waals surface area contributed by atoms with Gasteiger partial charge >= 0.3 is 5.97 Å². The van der Waals surface area contributed by atoms with Gasteiger partial charge in [-0.2, -0.15) is 0 Å². The van der Waals surface area contributed by atoms with Crippen LogP contribution in [-0.2, 0) is 14.3 Å². The van der Waals surface area contributed by atoms with Gasteiger partial charge in [0.25, 0.3) is 5.91 Å². The molecule has 1 unspecified atom stereocenters. The molecule has 0 bridgehead atoms. The number of fused-ring (bicyclic) bond motifs is 2. The molecule has 2 aliphatic heterocycles. The van der Waals surface area contributed by atoms with E-state index in [-0.39, 0.29) is 19.3 Å². The number of benzene rings is 2. The maximum absolute atomic E-state index is 12.7. The molecule has 2 aromatic rings. The van der Waals surface area contributed by atoms with Crippen molar-refractivity contribution in [3.05, 3.63) is 54.1 Å². The molecule has 7 heteroatoms. The number of hydrogen-bond acceptors (Lipinski definition) is 6. The Kier molecular flexibility index (Phi) is 5.76. The maximum atomic E-state index is 12.7. The van der Waals surface area contributed by atoms with Gasteiger partial charge in [0, 0.05) is 22.8 Å². The zero-order chi connectivity index (χ0) is 20.2. The summed E-state index contributed by atoms with van der Waals surface area (Å²) in [6, 6.07) is 13.2. The second kappa shape index (κ2) is 8.61. The lowest BCUT2D eigenvalue weighted by molar-refractivity contribution is -0.142. The molecule has 0 saturated heterocycles. The summed E-state index contributed by atoms with van der Waals surface area (Å²) >= 11 is 1.76. The minimum atomic E-state index is -0.568. The molecule has 6 nitrogen and oxygen atoms in total. The van der Waals surface area contributed by atoms with Crippen molar-refractivity contribution in [3.8, 4) is 11.5 Å². The fourth-order valence-electron chi connectivity index (χ4n) is 3.19. The second-order valence-electron chi connectivity index (χ2n) is 6.78. The van der Waals surface area contributed by atoms with Crippen molar-refractivity contribution in [2.45, 2.75) is 23.5 Å². The molecule has 0 aliphatic carbocycles. The molecule has 2 aliphatic rings. The molecule has 0 fully saturated rings. The molecule has 0 radical (unpaired) electrons. The lowest BCUT2D eigenvalue weighted by atomic mass is 10.2. The van der Waals surface area contributed by atoms with Gasteiger partial charge in [0.15, 0.2) is 18.1 Å². The number of thioether (sulfide) groups is 1. The lowest BCUT2D eigenvalue weighted by Crippen LogP contribution is -2.35. The Morgan fingerprint density at radius 3 is 2.93 bits per heavy atom. The number of anilines is 1. The Morgan fingerprint density at radius 2 is 2.03 bits per heavy atom. The summed E-state index contributed by atoms with van der Waals surface area (Å²) in [5, 5.41) is 0.418. The zero-order valence-corrected chi connectivity index (χ0v) is 16.8. The summed E-state index contributed by atoms with van der Waals surface area (Å²) < 4.78 is 15.7. The topological polar surface area (TPSA) is 65.1 Å². The molecule has 29 heavy (non-hydrogen) atoms. The average molecular weight is 411 g/mol. The van der Waals surface area contributed by atoms with Gasteiger partial charge in [-0.1, -0.05) is 25.1 Å². The Bertz CT molecular complexity index is 958. The smallest absolute Gasteiger partial charge is 0.331 e. The van der Waals surface area contributed by atoms with Crippen LogP contribution in [0.1, 0.15) is 18.9 Å². The summed E-state index contributed by atoms with van der Waals surface area (Å²) in [6.45, 7) is 2.66. The van der Waals surface area contributed by atoms with Crippen LogP contribution in [0.15, 0.2) is 53.4 Å². The van der Waals surface area contributed by atoms with Crippen molar-refractivity contribution in [3.63, 3.8) is 0 Å². The van der Waals surface area contributed by atoms with Gasteiger partial charge in [-0.15, -0.1) is 11.8 Å². The van der Waals surface area contributed by atoms with Crippen molar-refractivity contribution in [2.75, 3.05) is 24.8 Å². The van der Waals surface area contributed by atoms with Crippen molar-refractivity contribution in [2.24, 2.45) is 0 Å². The van der Waals surface area contributed by atoms with Crippen molar-refractivity contribution in [1.82, 2.24) is 0 Å². The first-order chi connectivity index (χ1) is 14.1. The van der Waals surface area contributed by atoms with Crippen molar-refractivity contribution < 1.29 is 23.8 Å². The van der Waals surface area contributed by atoms with Crippen LogP contribution in [0.4, 0.5) is 5.69 Å². The highest BCUT2D eigenvalue weighted by Crippen LogP contribution is 2.37. The molecule has 2 heterocycles.